The third kappa shape index (κ3) is 7.56. The van der Waals surface area contributed by atoms with E-state index in [0.717, 1.165) is 25.9 Å². The van der Waals surface area contributed by atoms with Crippen LogP contribution in [0.3, 0.4) is 0 Å². The highest BCUT2D eigenvalue weighted by atomic mass is 32.2. The molecule has 0 radical (unpaired) electrons. The predicted molar refractivity (Wildman–Crippen MR) is 81.0 cm³/mol. The number of unbranched alkanes of at least 4 members (excludes halogenated alkanes) is 1. The zero-order chi connectivity index (χ0) is 15.1. The Bertz CT molecular complexity index is 474. The second-order valence-corrected chi connectivity index (χ2v) is 9.45. The molecule has 120 valence electrons. The molecular formula is C12H26N2O4S2. The Morgan fingerprint density at radius 1 is 1.20 bits per heavy atom. The van der Waals surface area contributed by atoms with Gasteiger partial charge in [-0.05, 0) is 45.2 Å². The molecule has 1 aliphatic heterocycles. The smallest absolute Gasteiger partial charge is 0.211 e. The van der Waals surface area contributed by atoms with Crippen LogP contribution in [0.15, 0.2) is 0 Å². The highest BCUT2D eigenvalue weighted by Crippen LogP contribution is 2.13. The Hall–Kier alpha value is -0.180. The third-order valence-corrected chi connectivity index (χ3v) is 6.59. The quantitative estimate of drug-likeness (QED) is 0.593. The van der Waals surface area contributed by atoms with Crippen LogP contribution in [0, 0.1) is 0 Å². The Morgan fingerprint density at radius 3 is 2.60 bits per heavy atom. The van der Waals surface area contributed by atoms with Crippen LogP contribution in [0.4, 0.5) is 0 Å². The van der Waals surface area contributed by atoms with Gasteiger partial charge in [0.1, 0.15) is 0 Å². The van der Waals surface area contributed by atoms with Crippen LogP contribution in [0.25, 0.3) is 0 Å². The average Bonchev–Trinajstić information content (AvgIpc) is 2.31. The van der Waals surface area contributed by atoms with Gasteiger partial charge in [-0.1, -0.05) is 6.92 Å². The summed E-state index contributed by atoms with van der Waals surface area (Å²) in [5.41, 5.74) is 0. The van der Waals surface area contributed by atoms with Gasteiger partial charge in [0.25, 0.3) is 0 Å². The summed E-state index contributed by atoms with van der Waals surface area (Å²) in [6, 6.07) is -0.447. The lowest BCUT2D eigenvalue weighted by molar-refractivity contribution is 0.515. The van der Waals surface area contributed by atoms with Gasteiger partial charge in [-0.25, -0.2) is 21.6 Å². The second-order valence-electron chi connectivity index (χ2n) is 5.35. The monoisotopic (exact) mass is 326 g/mol. The van der Waals surface area contributed by atoms with E-state index < -0.39 is 25.9 Å². The molecule has 0 bridgehead atoms. The zero-order valence-electron chi connectivity index (χ0n) is 12.1. The fraction of sp³-hybridized carbons (Fsp3) is 1.00. The Morgan fingerprint density at radius 2 is 1.95 bits per heavy atom. The van der Waals surface area contributed by atoms with E-state index in [4.69, 9.17) is 0 Å². The molecule has 0 amide bonds. The summed E-state index contributed by atoms with van der Waals surface area (Å²) >= 11 is 0. The first-order chi connectivity index (χ1) is 9.35. The molecule has 2 N–H and O–H groups in total. The molecule has 0 aromatic carbocycles. The van der Waals surface area contributed by atoms with Crippen molar-refractivity contribution in [2.45, 2.75) is 45.1 Å². The SMILES string of the molecule is CCCNCCCCS(=O)(=O)NC1CCCS(=O)(=O)C1. The number of hydrogen-bond acceptors (Lipinski definition) is 5. The molecule has 20 heavy (non-hydrogen) atoms. The van der Waals surface area contributed by atoms with Gasteiger partial charge in [-0.3, -0.25) is 0 Å². The van der Waals surface area contributed by atoms with Crippen molar-refractivity contribution in [1.82, 2.24) is 10.0 Å². The molecule has 1 atom stereocenters. The van der Waals surface area contributed by atoms with Crippen LogP contribution < -0.4 is 10.0 Å². The van der Waals surface area contributed by atoms with E-state index in [1.165, 1.54) is 0 Å². The van der Waals surface area contributed by atoms with E-state index in [-0.39, 0.29) is 17.3 Å². The van der Waals surface area contributed by atoms with Crippen molar-refractivity contribution in [2.75, 3.05) is 30.3 Å². The molecule has 1 unspecified atom stereocenters. The number of sulfone groups is 1. The van der Waals surface area contributed by atoms with Crippen molar-refractivity contribution in [1.29, 1.82) is 0 Å². The minimum absolute atomic E-state index is 0.0652. The van der Waals surface area contributed by atoms with E-state index in [2.05, 4.69) is 17.0 Å². The van der Waals surface area contributed by atoms with Crippen LogP contribution in [0.2, 0.25) is 0 Å². The Labute approximate surface area is 122 Å². The number of sulfonamides is 1. The molecule has 1 heterocycles. The molecule has 0 aromatic heterocycles. The molecule has 1 rings (SSSR count). The minimum atomic E-state index is -3.37. The van der Waals surface area contributed by atoms with Gasteiger partial charge in [0.05, 0.1) is 17.3 Å². The molecule has 1 saturated heterocycles. The maximum Gasteiger partial charge on any atom is 0.211 e. The summed E-state index contributed by atoms with van der Waals surface area (Å²) in [4.78, 5) is 0. The van der Waals surface area contributed by atoms with Crippen molar-refractivity contribution < 1.29 is 16.8 Å². The molecule has 1 aliphatic rings. The molecular weight excluding hydrogens is 300 g/mol. The van der Waals surface area contributed by atoms with E-state index in [9.17, 15) is 16.8 Å². The lowest BCUT2D eigenvalue weighted by atomic mass is 10.2. The van der Waals surface area contributed by atoms with E-state index in [0.29, 0.717) is 19.3 Å². The Kier molecular flexibility index (Phi) is 7.42. The summed E-state index contributed by atoms with van der Waals surface area (Å²) in [6.07, 6.45) is 3.61. The number of nitrogens with one attached hydrogen (secondary N) is 2. The lowest BCUT2D eigenvalue weighted by Gasteiger charge is -2.22. The standard InChI is InChI=1S/C12H26N2O4S2/c1-2-7-13-8-3-4-10-20(17,18)14-12-6-5-9-19(15,16)11-12/h12-14H,2-11H2,1H3. The zero-order valence-corrected chi connectivity index (χ0v) is 13.7. The van der Waals surface area contributed by atoms with Gasteiger partial charge in [0, 0.05) is 6.04 Å². The summed E-state index contributed by atoms with van der Waals surface area (Å²) in [6.45, 7) is 3.85. The molecule has 6 nitrogen and oxygen atoms in total. The minimum Gasteiger partial charge on any atom is -0.317 e. The average molecular weight is 326 g/mol. The van der Waals surface area contributed by atoms with Crippen LogP contribution in [0.1, 0.15) is 39.0 Å². The van der Waals surface area contributed by atoms with Crippen LogP contribution in [0.5, 0.6) is 0 Å². The number of hydrogen-bond donors (Lipinski definition) is 2. The highest BCUT2D eigenvalue weighted by Gasteiger charge is 2.27. The molecule has 0 spiro atoms. The lowest BCUT2D eigenvalue weighted by Crippen LogP contribution is -2.44. The fourth-order valence-electron chi connectivity index (χ4n) is 2.27. The van der Waals surface area contributed by atoms with Crippen molar-refractivity contribution in [3.8, 4) is 0 Å². The summed E-state index contributed by atoms with van der Waals surface area (Å²) in [5, 5.41) is 3.22. The maximum atomic E-state index is 11.9. The summed E-state index contributed by atoms with van der Waals surface area (Å²) in [7, 11) is -6.44. The maximum absolute atomic E-state index is 11.9. The van der Waals surface area contributed by atoms with Crippen molar-refractivity contribution in [3.63, 3.8) is 0 Å². The first-order valence-electron chi connectivity index (χ1n) is 7.26. The van der Waals surface area contributed by atoms with Gasteiger partial charge in [0.15, 0.2) is 9.84 Å². The molecule has 8 heteroatoms. The largest absolute Gasteiger partial charge is 0.317 e. The highest BCUT2D eigenvalue weighted by molar-refractivity contribution is 7.91. The topological polar surface area (TPSA) is 92.3 Å². The van der Waals surface area contributed by atoms with Crippen LogP contribution in [-0.4, -0.2) is 53.2 Å². The van der Waals surface area contributed by atoms with Gasteiger partial charge < -0.3 is 5.32 Å². The van der Waals surface area contributed by atoms with Crippen molar-refractivity contribution in [2.24, 2.45) is 0 Å². The Balaban J connectivity index is 2.27. The molecule has 0 aliphatic carbocycles. The molecule has 0 saturated carbocycles. The normalized spacial score (nSPS) is 22.8. The van der Waals surface area contributed by atoms with Crippen molar-refractivity contribution in [3.05, 3.63) is 0 Å². The second kappa shape index (κ2) is 8.31. The van der Waals surface area contributed by atoms with Gasteiger partial charge in [-0.2, -0.15) is 0 Å². The first kappa shape index (κ1) is 17.9. The van der Waals surface area contributed by atoms with E-state index >= 15 is 0 Å². The number of rotatable bonds is 9. The first-order valence-corrected chi connectivity index (χ1v) is 10.7. The van der Waals surface area contributed by atoms with E-state index in [1.807, 2.05) is 0 Å². The summed E-state index contributed by atoms with van der Waals surface area (Å²) in [5.74, 6) is 0.177. The molecule has 1 fully saturated rings. The van der Waals surface area contributed by atoms with Crippen molar-refractivity contribution >= 4 is 19.9 Å². The third-order valence-electron chi connectivity index (χ3n) is 3.25. The van der Waals surface area contributed by atoms with Crippen LogP contribution in [-0.2, 0) is 19.9 Å². The van der Waals surface area contributed by atoms with Gasteiger partial charge in [-0.15, -0.1) is 0 Å². The van der Waals surface area contributed by atoms with E-state index in [1.54, 1.807) is 0 Å². The molecule has 0 aromatic rings. The summed E-state index contributed by atoms with van der Waals surface area (Å²) < 4.78 is 49.2. The fourth-order valence-corrected chi connectivity index (χ4v) is 5.43. The predicted octanol–water partition coefficient (Wildman–Crippen LogP) is 0.263. The van der Waals surface area contributed by atoms with Crippen LogP contribution >= 0.6 is 0 Å². The van der Waals surface area contributed by atoms with Gasteiger partial charge >= 0.3 is 0 Å². The van der Waals surface area contributed by atoms with Gasteiger partial charge in [0.2, 0.25) is 10.0 Å².